The summed E-state index contributed by atoms with van der Waals surface area (Å²) in [5.41, 5.74) is 0.958. The van der Waals surface area contributed by atoms with E-state index in [4.69, 9.17) is 0 Å². The summed E-state index contributed by atoms with van der Waals surface area (Å²) < 4.78 is 0. The minimum absolute atomic E-state index is 0. The molecule has 0 aliphatic carbocycles. The van der Waals surface area contributed by atoms with Gasteiger partial charge >= 0.3 is 0 Å². The van der Waals surface area contributed by atoms with Crippen LogP contribution in [0.2, 0.25) is 0 Å². The van der Waals surface area contributed by atoms with Gasteiger partial charge in [-0.05, 0) is 6.92 Å². The van der Waals surface area contributed by atoms with Crippen LogP contribution in [0.3, 0.4) is 0 Å². The number of nitrogens with one attached hydrogen (secondary N) is 2. The molecule has 0 fully saturated rings. The fourth-order valence-electron chi connectivity index (χ4n) is 1.48. The van der Waals surface area contributed by atoms with Gasteiger partial charge in [0, 0.05) is 31.9 Å². The van der Waals surface area contributed by atoms with Crippen molar-refractivity contribution < 1.29 is 4.79 Å². The Bertz CT molecular complexity index is 487. The van der Waals surface area contributed by atoms with E-state index in [1.165, 1.54) is 0 Å². The van der Waals surface area contributed by atoms with E-state index in [0.717, 1.165) is 17.2 Å². The van der Waals surface area contributed by atoms with E-state index >= 15 is 0 Å². The van der Waals surface area contributed by atoms with Crippen LogP contribution in [0.15, 0.2) is 10.4 Å². The maximum atomic E-state index is 11.6. The third kappa shape index (κ3) is 7.39. The molecule has 1 aromatic rings. The van der Waals surface area contributed by atoms with E-state index in [9.17, 15) is 4.79 Å². The lowest BCUT2D eigenvalue weighted by molar-refractivity contribution is -0.127. The van der Waals surface area contributed by atoms with E-state index in [2.05, 4.69) is 34.5 Å². The first kappa shape index (κ1) is 21.1. The van der Waals surface area contributed by atoms with Crippen LogP contribution in [0, 0.1) is 0 Å². The van der Waals surface area contributed by atoms with E-state index in [0.29, 0.717) is 18.4 Å². The molecule has 0 unspecified atom stereocenters. The largest absolute Gasteiger partial charge is 0.357 e. The fourth-order valence-corrected chi connectivity index (χ4v) is 2.31. The SMILES string of the molecule is CCNC(=NCc1csc(C(C)C)n1)NCC(=O)N(C)C.I. The molecule has 0 atom stereocenters. The number of aromatic nitrogens is 1. The summed E-state index contributed by atoms with van der Waals surface area (Å²) in [5.74, 6) is 1.08. The maximum Gasteiger partial charge on any atom is 0.241 e. The van der Waals surface area contributed by atoms with Crippen molar-refractivity contribution in [2.24, 2.45) is 4.99 Å². The minimum Gasteiger partial charge on any atom is -0.357 e. The minimum atomic E-state index is 0. The Kier molecular flexibility index (Phi) is 10.3. The number of carbonyl (C=O) groups excluding carboxylic acids is 1. The lowest BCUT2D eigenvalue weighted by atomic mass is 10.2. The fraction of sp³-hybridized carbons (Fsp3) is 0.643. The van der Waals surface area contributed by atoms with Crippen LogP contribution in [-0.4, -0.2) is 48.9 Å². The molecule has 22 heavy (non-hydrogen) atoms. The summed E-state index contributed by atoms with van der Waals surface area (Å²) >= 11 is 1.66. The third-order valence-electron chi connectivity index (χ3n) is 2.71. The summed E-state index contributed by atoms with van der Waals surface area (Å²) in [6.07, 6.45) is 0. The average molecular weight is 439 g/mol. The molecule has 0 saturated heterocycles. The molecule has 8 heteroatoms. The van der Waals surface area contributed by atoms with Crippen LogP contribution in [-0.2, 0) is 11.3 Å². The predicted octanol–water partition coefficient (Wildman–Crippen LogP) is 2.03. The van der Waals surface area contributed by atoms with Gasteiger partial charge in [0.1, 0.15) is 0 Å². The van der Waals surface area contributed by atoms with Crippen molar-refractivity contribution in [2.45, 2.75) is 33.2 Å². The van der Waals surface area contributed by atoms with Gasteiger partial charge in [-0.25, -0.2) is 9.98 Å². The highest BCUT2D eigenvalue weighted by molar-refractivity contribution is 14.0. The van der Waals surface area contributed by atoms with Crippen LogP contribution in [0.5, 0.6) is 0 Å². The van der Waals surface area contributed by atoms with Crippen LogP contribution in [0.4, 0.5) is 0 Å². The monoisotopic (exact) mass is 439 g/mol. The van der Waals surface area contributed by atoms with Crippen molar-refractivity contribution in [1.29, 1.82) is 0 Å². The van der Waals surface area contributed by atoms with E-state index in [1.807, 2.05) is 12.3 Å². The second kappa shape index (κ2) is 10.8. The summed E-state index contributed by atoms with van der Waals surface area (Å²) in [5, 5.41) is 9.31. The van der Waals surface area contributed by atoms with Gasteiger partial charge < -0.3 is 15.5 Å². The number of hydrogen-bond donors (Lipinski definition) is 2. The summed E-state index contributed by atoms with van der Waals surface area (Å²) in [7, 11) is 3.47. The molecular formula is C14H26IN5OS. The van der Waals surface area contributed by atoms with E-state index in [-0.39, 0.29) is 36.4 Å². The Morgan fingerprint density at radius 3 is 2.59 bits per heavy atom. The number of halogens is 1. The van der Waals surface area contributed by atoms with Gasteiger partial charge in [0.15, 0.2) is 5.96 Å². The van der Waals surface area contributed by atoms with Gasteiger partial charge in [0.2, 0.25) is 5.91 Å². The number of nitrogens with zero attached hydrogens (tertiary/aromatic N) is 3. The van der Waals surface area contributed by atoms with Crippen molar-refractivity contribution >= 4 is 47.2 Å². The van der Waals surface area contributed by atoms with Gasteiger partial charge in [-0.3, -0.25) is 4.79 Å². The first-order chi connectivity index (χ1) is 9.93. The molecule has 1 rings (SSSR count). The number of likely N-dealkylation sites (N-methyl/N-ethyl adjacent to an activating group) is 1. The molecule has 0 bridgehead atoms. The standard InChI is InChI=1S/C14H25N5OS.HI/c1-6-15-14(17-8-12(20)19(4)5)16-7-11-9-21-13(18-11)10(2)3;/h9-10H,6-8H2,1-5H3,(H2,15,16,17);1H. The highest BCUT2D eigenvalue weighted by Crippen LogP contribution is 2.19. The summed E-state index contributed by atoms with van der Waals surface area (Å²) in [6, 6.07) is 0. The normalized spacial score (nSPS) is 11.1. The zero-order valence-electron chi connectivity index (χ0n) is 13.8. The van der Waals surface area contributed by atoms with Gasteiger partial charge in [0.25, 0.3) is 0 Å². The first-order valence-electron chi connectivity index (χ1n) is 7.10. The lowest BCUT2D eigenvalue weighted by Gasteiger charge is -2.13. The number of amides is 1. The zero-order chi connectivity index (χ0) is 15.8. The predicted molar refractivity (Wildman–Crippen MR) is 103 cm³/mol. The highest BCUT2D eigenvalue weighted by atomic mass is 127. The van der Waals surface area contributed by atoms with E-state index < -0.39 is 0 Å². The Labute approximate surface area is 153 Å². The molecule has 2 N–H and O–H groups in total. The number of carbonyl (C=O) groups is 1. The Hall–Kier alpha value is -0.900. The molecule has 1 amide bonds. The van der Waals surface area contributed by atoms with Gasteiger partial charge in [-0.15, -0.1) is 35.3 Å². The molecule has 0 aromatic carbocycles. The van der Waals surface area contributed by atoms with Gasteiger partial charge in [-0.1, -0.05) is 13.8 Å². The molecule has 1 aromatic heterocycles. The lowest BCUT2D eigenvalue weighted by Crippen LogP contribution is -2.42. The van der Waals surface area contributed by atoms with Crippen LogP contribution in [0.1, 0.15) is 37.4 Å². The number of thiazole rings is 1. The maximum absolute atomic E-state index is 11.6. The van der Waals surface area contributed by atoms with Crippen molar-refractivity contribution in [3.63, 3.8) is 0 Å². The number of aliphatic imine (C=N–C) groups is 1. The van der Waals surface area contributed by atoms with Crippen molar-refractivity contribution in [3.05, 3.63) is 16.1 Å². The summed E-state index contributed by atoms with van der Waals surface area (Å²) in [4.78, 5) is 22.1. The Morgan fingerprint density at radius 2 is 2.09 bits per heavy atom. The highest BCUT2D eigenvalue weighted by Gasteiger charge is 2.07. The van der Waals surface area contributed by atoms with Gasteiger partial charge in [0.05, 0.1) is 23.8 Å². The molecule has 6 nitrogen and oxygen atoms in total. The van der Waals surface area contributed by atoms with E-state index in [1.54, 1.807) is 30.3 Å². The van der Waals surface area contributed by atoms with Gasteiger partial charge in [-0.2, -0.15) is 0 Å². The number of guanidine groups is 1. The molecule has 0 aliphatic heterocycles. The number of hydrogen-bond acceptors (Lipinski definition) is 4. The summed E-state index contributed by atoms with van der Waals surface area (Å²) in [6.45, 7) is 7.73. The van der Waals surface area contributed by atoms with Crippen molar-refractivity contribution in [2.75, 3.05) is 27.2 Å². The third-order valence-corrected chi connectivity index (χ3v) is 3.91. The molecule has 1 heterocycles. The van der Waals surface area contributed by atoms with Crippen LogP contribution >= 0.6 is 35.3 Å². The molecule has 126 valence electrons. The number of rotatable bonds is 6. The molecule has 0 saturated carbocycles. The Morgan fingerprint density at radius 1 is 1.41 bits per heavy atom. The van der Waals surface area contributed by atoms with Crippen molar-refractivity contribution in [1.82, 2.24) is 20.5 Å². The second-order valence-electron chi connectivity index (χ2n) is 5.17. The van der Waals surface area contributed by atoms with Crippen molar-refractivity contribution in [3.8, 4) is 0 Å². The average Bonchev–Trinajstić information content (AvgIpc) is 2.90. The zero-order valence-corrected chi connectivity index (χ0v) is 17.0. The first-order valence-corrected chi connectivity index (χ1v) is 7.98. The Balaban J connectivity index is 0.00000441. The quantitative estimate of drug-likeness (QED) is 0.405. The van der Waals surface area contributed by atoms with Crippen LogP contribution in [0.25, 0.3) is 0 Å². The molecule has 0 aliphatic rings. The molecular weight excluding hydrogens is 413 g/mol. The second-order valence-corrected chi connectivity index (χ2v) is 6.06. The smallest absolute Gasteiger partial charge is 0.241 e. The topological polar surface area (TPSA) is 69.6 Å². The molecule has 0 spiro atoms. The molecule has 0 radical (unpaired) electrons. The van der Waals surface area contributed by atoms with Crippen LogP contribution < -0.4 is 10.6 Å².